The number of rotatable bonds is 3. The highest BCUT2D eigenvalue weighted by atomic mass is 79.9. The number of phenols is 1. The van der Waals surface area contributed by atoms with Gasteiger partial charge in [0.2, 0.25) is 0 Å². The van der Waals surface area contributed by atoms with Crippen LogP contribution in [-0.4, -0.2) is 16.0 Å². The molecule has 0 saturated carbocycles. The largest absolute Gasteiger partial charge is 0.507 e. The number of nitrogens with one attached hydrogen (secondary N) is 1. The maximum atomic E-state index is 13.5. The zero-order valence-electron chi connectivity index (χ0n) is 10.6. The van der Waals surface area contributed by atoms with Crippen LogP contribution < -0.4 is 11.1 Å². The molecule has 0 fully saturated rings. The van der Waals surface area contributed by atoms with Crippen LogP contribution in [0.2, 0.25) is 0 Å². The molecule has 2 aromatic carbocycles. The first-order valence-corrected chi connectivity index (χ1v) is 6.98. The lowest BCUT2D eigenvalue weighted by Gasteiger charge is -2.08. The average Bonchev–Trinajstić information content (AvgIpc) is 2.43. The predicted octanol–water partition coefficient (Wildman–Crippen LogP) is 3.18. The van der Waals surface area contributed by atoms with Gasteiger partial charge in [0.05, 0.1) is 4.47 Å². The quantitative estimate of drug-likeness (QED) is 0.727. The monoisotopic (exact) mass is 368 g/mol. The fourth-order valence-corrected chi connectivity index (χ4v) is 2.05. The molecule has 0 aliphatic rings. The van der Waals surface area contributed by atoms with Crippen LogP contribution in [0.4, 0.5) is 10.1 Å². The van der Waals surface area contributed by atoms with Crippen molar-refractivity contribution in [2.45, 2.75) is 0 Å². The van der Waals surface area contributed by atoms with Crippen LogP contribution in [0.5, 0.6) is 5.75 Å². The molecule has 0 bridgehead atoms. The van der Waals surface area contributed by atoms with Crippen molar-refractivity contribution in [1.29, 1.82) is 0 Å². The van der Waals surface area contributed by atoms with Crippen LogP contribution in [0.15, 0.2) is 40.9 Å². The Morgan fingerprint density at radius 1 is 1.29 bits per heavy atom. The van der Waals surface area contributed by atoms with Gasteiger partial charge in [-0.15, -0.1) is 0 Å². The standard InChI is InChI=1S/C14H10BrFN2O2S/c15-10-3-1-7(5-12(10)19)14(20)18-8-2-4-11(16)9(6-8)13(17)21/h1-6,19H,(H2,17,21)(H,18,20). The summed E-state index contributed by atoms with van der Waals surface area (Å²) in [5.41, 5.74) is 6.07. The number of benzene rings is 2. The van der Waals surface area contributed by atoms with E-state index in [-0.39, 0.29) is 21.9 Å². The van der Waals surface area contributed by atoms with E-state index in [2.05, 4.69) is 21.2 Å². The van der Waals surface area contributed by atoms with E-state index in [1.54, 1.807) is 6.07 Å². The molecule has 4 nitrogen and oxygen atoms in total. The van der Waals surface area contributed by atoms with E-state index in [0.717, 1.165) is 0 Å². The molecular formula is C14H10BrFN2O2S. The fraction of sp³-hybridized carbons (Fsp3) is 0. The summed E-state index contributed by atoms with van der Waals surface area (Å²) in [5, 5.41) is 12.1. The van der Waals surface area contributed by atoms with Crippen molar-refractivity contribution in [1.82, 2.24) is 0 Å². The predicted molar refractivity (Wildman–Crippen MR) is 86.0 cm³/mol. The van der Waals surface area contributed by atoms with Gasteiger partial charge in [0.15, 0.2) is 0 Å². The first-order valence-electron chi connectivity index (χ1n) is 5.77. The van der Waals surface area contributed by atoms with Gasteiger partial charge in [-0.2, -0.15) is 0 Å². The summed E-state index contributed by atoms with van der Waals surface area (Å²) >= 11 is 7.86. The molecule has 2 rings (SSSR count). The molecule has 0 aliphatic carbocycles. The van der Waals surface area contributed by atoms with E-state index in [0.29, 0.717) is 10.2 Å². The number of thiocarbonyl (C=S) groups is 1. The molecule has 0 spiro atoms. The van der Waals surface area contributed by atoms with Crippen LogP contribution in [0.25, 0.3) is 0 Å². The van der Waals surface area contributed by atoms with E-state index in [9.17, 15) is 14.3 Å². The van der Waals surface area contributed by atoms with Crippen molar-refractivity contribution < 1.29 is 14.3 Å². The molecular weight excluding hydrogens is 359 g/mol. The second-order valence-corrected chi connectivity index (χ2v) is 5.47. The SMILES string of the molecule is NC(=S)c1cc(NC(=O)c2ccc(Br)c(O)c2)ccc1F. The third-order valence-corrected chi connectivity index (χ3v) is 3.59. The Bertz CT molecular complexity index is 737. The van der Waals surface area contributed by atoms with Crippen LogP contribution in [0, 0.1) is 5.82 Å². The normalized spacial score (nSPS) is 10.2. The molecule has 0 aromatic heterocycles. The van der Waals surface area contributed by atoms with Gasteiger partial charge in [-0.25, -0.2) is 4.39 Å². The van der Waals surface area contributed by atoms with Crippen LogP contribution in [-0.2, 0) is 0 Å². The van der Waals surface area contributed by atoms with E-state index in [4.69, 9.17) is 18.0 Å². The number of hydrogen-bond acceptors (Lipinski definition) is 3. The Balaban J connectivity index is 2.25. The van der Waals surface area contributed by atoms with Crippen molar-refractivity contribution in [3.8, 4) is 5.75 Å². The highest BCUT2D eigenvalue weighted by molar-refractivity contribution is 9.10. The molecule has 7 heteroatoms. The lowest BCUT2D eigenvalue weighted by molar-refractivity contribution is 0.102. The Labute approximate surface area is 133 Å². The molecule has 0 heterocycles. The van der Waals surface area contributed by atoms with Gasteiger partial charge in [0, 0.05) is 16.8 Å². The lowest BCUT2D eigenvalue weighted by Crippen LogP contribution is -2.15. The van der Waals surface area contributed by atoms with Crippen LogP contribution in [0.1, 0.15) is 15.9 Å². The summed E-state index contributed by atoms with van der Waals surface area (Å²) in [7, 11) is 0. The van der Waals surface area contributed by atoms with E-state index < -0.39 is 11.7 Å². The number of carbonyl (C=O) groups is 1. The second-order valence-electron chi connectivity index (χ2n) is 4.18. The van der Waals surface area contributed by atoms with Gasteiger partial charge < -0.3 is 16.2 Å². The lowest BCUT2D eigenvalue weighted by atomic mass is 10.1. The maximum Gasteiger partial charge on any atom is 0.255 e. The number of anilines is 1. The van der Waals surface area contributed by atoms with Crippen molar-refractivity contribution in [2.75, 3.05) is 5.32 Å². The fourth-order valence-electron chi connectivity index (χ4n) is 1.65. The van der Waals surface area contributed by atoms with Crippen molar-refractivity contribution in [3.63, 3.8) is 0 Å². The number of hydrogen-bond donors (Lipinski definition) is 3. The zero-order chi connectivity index (χ0) is 15.6. The van der Waals surface area contributed by atoms with Gasteiger partial charge in [-0.1, -0.05) is 12.2 Å². The Morgan fingerprint density at radius 3 is 2.62 bits per heavy atom. The van der Waals surface area contributed by atoms with Gasteiger partial charge in [-0.3, -0.25) is 4.79 Å². The Morgan fingerprint density at radius 2 is 2.00 bits per heavy atom. The van der Waals surface area contributed by atoms with Gasteiger partial charge in [0.25, 0.3) is 5.91 Å². The van der Waals surface area contributed by atoms with Gasteiger partial charge in [0.1, 0.15) is 16.6 Å². The summed E-state index contributed by atoms with van der Waals surface area (Å²) in [5.74, 6) is -1.05. The highest BCUT2D eigenvalue weighted by Gasteiger charge is 2.11. The summed E-state index contributed by atoms with van der Waals surface area (Å²) < 4.78 is 13.9. The molecule has 2 aromatic rings. The molecule has 0 aliphatic heterocycles. The van der Waals surface area contributed by atoms with Crippen molar-refractivity contribution >= 4 is 44.7 Å². The minimum Gasteiger partial charge on any atom is -0.507 e. The molecule has 1 amide bonds. The second kappa shape index (κ2) is 6.19. The van der Waals surface area contributed by atoms with Gasteiger partial charge in [-0.05, 0) is 52.3 Å². The summed E-state index contributed by atoms with van der Waals surface area (Å²) in [6, 6.07) is 8.33. The third kappa shape index (κ3) is 3.56. The van der Waals surface area contributed by atoms with Crippen LogP contribution in [0.3, 0.4) is 0 Å². The van der Waals surface area contributed by atoms with E-state index in [1.165, 1.54) is 30.3 Å². The Hall–Kier alpha value is -1.99. The number of nitrogens with two attached hydrogens (primary N) is 1. The minimum atomic E-state index is -0.554. The first-order chi connectivity index (χ1) is 9.88. The molecule has 21 heavy (non-hydrogen) atoms. The number of aromatic hydroxyl groups is 1. The summed E-state index contributed by atoms with van der Waals surface area (Å²) in [6.45, 7) is 0. The van der Waals surface area contributed by atoms with Gasteiger partial charge >= 0.3 is 0 Å². The molecule has 0 unspecified atom stereocenters. The zero-order valence-corrected chi connectivity index (χ0v) is 13.0. The summed E-state index contributed by atoms with van der Waals surface area (Å²) in [6.07, 6.45) is 0. The first kappa shape index (κ1) is 15.4. The molecule has 0 radical (unpaired) electrons. The minimum absolute atomic E-state index is 0.0504. The molecule has 108 valence electrons. The number of carbonyl (C=O) groups excluding carboxylic acids is 1. The number of halogens is 2. The molecule has 4 N–H and O–H groups in total. The van der Waals surface area contributed by atoms with Crippen molar-refractivity contribution in [3.05, 3.63) is 57.8 Å². The van der Waals surface area contributed by atoms with E-state index in [1.807, 2.05) is 0 Å². The average molecular weight is 369 g/mol. The smallest absolute Gasteiger partial charge is 0.255 e. The maximum absolute atomic E-state index is 13.5. The number of amides is 1. The highest BCUT2D eigenvalue weighted by Crippen LogP contribution is 2.25. The van der Waals surface area contributed by atoms with E-state index >= 15 is 0 Å². The van der Waals surface area contributed by atoms with Crippen molar-refractivity contribution in [2.24, 2.45) is 5.73 Å². The Kier molecular flexibility index (Phi) is 4.54. The van der Waals surface area contributed by atoms with Crippen LogP contribution >= 0.6 is 28.1 Å². The molecule has 0 saturated heterocycles. The third-order valence-electron chi connectivity index (χ3n) is 2.70. The molecule has 0 atom stereocenters. The topological polar surface area (TPSA) is 75.3 Å². The summed E-state index contributed by atoms with van der Waals surface area (Å²) in [4.78, 5) is 12.0. The number of phenolic OH excluding ortho intramolecular Hbond substituents is 1.